The van der Waals surface area contributed by atoms with Gasteiger partial charge in [0.2, 0.25) is 0 Å². The van der Waals surface area contributed by atoms with Crippen LogP contribution in [-0.4, -0.2) is 23.5 Å². The molecule has 1 aliphatic carbocycles. The zero-order chi connectivity index (χ0) is 14.6. The summed E-state index contributed by atoms with van der Waals surface area (Å²) in [4.78, 5) is 12.4. The van der Waals surface area contributed by atoms with Gasteiger partial charge < -0.3 is 11.1 Å². The molecule has 0 unspecified atom stereocenters. The Morgan fingerprint density at radius 2 is 2.05 bits per heavy atom. The minimum atomic E-state index is -0.0420. The molecule has 0 aliphatic heterocycles. The summed E-state index contributed by atoms with van der Waals surface area (Å²) in [6.45, 7) is 2.66. The maximum absolute atomic E-state index is 12.4. The van der Waals surface area contributed by atoms with Gasteiger partial charge in [0, 0.05) is 17.0 Å². The Hall–Kier alpha value is -1.16. The quantitative estimate of drug-likeness (QED) is 0.837. The third-order valence-electron chi connectivity index (χ3n) is 4.30. The number of nitrogen functional groups attached to an aromatic ring is 1. The lowest BCUT2D eigenvalue weighted by Gasteiger charge is -2.35. The van der Waals surface area contributed by atoms with Crippen LogP contribution in [-0.2, 0) is 0 Å². The molecule has 0 spiro atoms. The molecule has 3 nitrogen and oxygen atoms in total. The van der Waals surface area contributed by atoms with Crippen molar-refractivity contribution >= 4 is 23.4 Å². The number of hydrogen-bond acceptors (Lipinski definition) is 3. The first-order chi connectivity index (χ1) is 9.58. The molecular weight excluding hydrogens is 268 g/mol. The summed E-state index contributed by atoms with van der Waals surface area (Å²) in [6.07, 6.45) is 8.39. The van der Waals surface area contributed by atoms with Gasteiger partial charge in [-0.2, -0.15) is 11.8 Å². The second kappa shape index (κ2) is 6.53. The van der Waals surface area contributed by atoms with Crippen molar-refractivity contribution in [3.05, 3.63) is 29.3 Å². The number of amides is 1. The van der Waals surface area contributed by atoms with E-state index in [-0.39, 0.29) is 10.7 Å². The van der Waals surface area contributed by atoms with E-state index >= 15 is 0 Å². The summed E-state index contributed by atoms with van der Waals surface area (Å²) in [6, 6.07) is 5.59. The standard InChI is InChI=1S/C16H24N2OS/c1-12-7-6-8-13(17)14(12)15(19)18-11-16(20-2)9-4-3-5-10-16/h6-8H,3-5,9-11,17H2,1-2H3,(H,18,19). The van der Waals surface area contributed by atoms with Gasteiger partial charge in [-0.3, -0.25) is 4.79 Å². The van der Waals surface area contributed by atoms with Gasteiger partial charge in [0.1, 0.15) is 0 Å². The van der Waals surface area contributed by atoms with Gasteiger partial charge in [0.05, 0.1) is 5.56 Å². The van der Waals surface area contributed by atoms with E-state index in [1.165, 1.54) is 32.1 Å². The lowest BCUT2D eigenvalue weighted by molar-refractivity contribution is 0.0947. The topological polar surface area (TPSA) is 55.1 Å². The van der Waals surface area contributed by atoms with Gasteiger partial charge in [-0.05, 0) is 37.7 Å². The predicted molar refractivity (Wildman–Crippen MR) is 87.3 cm³/mol. The van der Waals surface area contributed by atoms with Crippen LogP contribution < -0.4 is 11.1 Å². The summed E-state index contributed by atoms with van der Waals surface area (Å²) in [5.41, 5.74) is 8.05. The van der Waals surface area contributed by atoms with Gasteiger partial charge in [0.15, 0.2) is 0 Å². The number of thioether (sulfide) groups is 1. The number of anilines is 1. The van der Waals surface area contributed by atoms with Crippen LogP contribution in [0.2, 0.25) is 0 Å². The maximum atomic E-state index is 12.4. The van der Waals surface area contributed by atoms with E-state index in [4.69, 9.17) is 5.73 Å². The van der Waals surface area contributed by atoms with E-state index in [1.54, 1.807) is 6.07 Å². The number of aryl methyl sites for hydroxylation is 1. The van der Waals surface area contributed by atoms with Crippen molar-refractivity contribution in [2.45, 2.75) is 43.8 Å². The molecule has 20 heavy (non-hydrogen) atoms. The maximum Gasteiger partial charge on any atom is 0.253 e. The molecule has 0 aromatic heterocycles. The van der Waals surface area contributed by atoms with E-state index in [0.29, 0.717) is 11.3 Å². The minimum Gasteiger partial charge on any atom is -0.398 e. The number of nitrogens with two attached hydrogens (primary N) is 1. The number of rotatable bonds is 4. The summed E-state index contributed by atoms with van der Waals surface area (Å²) in [5, 5.41) is 3.10. The molecule has 3 N–H and O–H groups in total. The molecule has 0 bridgehead atoms. The second-order valence-electron chi connectivity index (χ2n) is 5.67. The Balaban J connectivity index is 2.04. The molecule has 1 aromatic rings. The first-order valence-electron chi connectivity index (χ1n) is 7.26. The third-order valence-corrected chi connectivity index (χ3v) is 5.72. The van der Waals surface area contributed by atoms with Crippen LogP contribution in [0.3, 0.4) is 0 Å². The van der Waals surface area contributed by atoms with E-state index < -0.39 is 0 Å². The second-order valence-corrected chi connectivity index (χ2v) is 6.94. The van der Waals surface area contributed by atoms with Crippen molar-refractivity contribution in [2.24, 2.45) is 0 Å². The molecule has 110 valence electrons. The van der Waals surface area contributed by atoms with Crippen molar-refractivity contribution in [2.75, 3.05) is 18.5 Å². The highest BCUT2D eigenvalue weighted by molar-refractivity contribution is 8.00. The molecule has 1 aromatic carbocycles. The lowest BCUT2D eigenvalue weighted by atomic mass is 9.88. The Morgan fingerprint density at radius 3 is 2.65 bits per heavy atom. The lowest BCUT2D eigenvalue weighted by Crippen LogP contribution is -2.42. The number of carbonyl (C=O) groups excluding carboxylic acids is 1. The Bertz CT molecular complexity index is 461. The van der Waals surface area contributed by atoms with Crippen molar-refractivity contribution in [1.82, 2.24) is 5.32 Å². The molecular formula is C16H24N2OS. The number of hydrogen-bond donors (Lipinski definition) is 2. The van der Waals surface area contributed by atoms with Crippen LogP contribution in [0.4, 0.5) is 5.69 Å². The molecule has 0 radical (unpaired) electrons. The fraction of sp³-hybridized carbons (Fsp3) is 0.562. The molecule has 1 fully saturated rings. The normalized spacial score (nSPS) is 17.7. The van der Waals surface area contributed by atoms with Crippen LogP contribution in [0.15, 0.2) is 18.2 Å². The largest absolute Gasteiger partial charge is 0.398 e. The molecule has 0 heterocycles. The van der Waals surface area contributed by atoms with Crippen LogP contribution >= 0.6 is 11.8 Å². The smallest absolute Gasteiger partial charge is 0.253 e. The Morgan fingerprint density at radius 1 is 1.35 bits per heavy atom. The monoisotopic (exact) mass is 292 g/mol. The minimum absolute atomic E-state index is 0.0420. The van der Waals surface area contributed by atoms with Crippen LogP contribution in [0.1, 0.15) is 48.0 Å². The number of carbonyl (C=O) groups is 1. The van der Waals surface area contributed by atoms with E-state index in [2.05, 4.69) is 11.6 Å². The van der Waals surface area contributed by atoms with Gasteiger partial charge in [0.25, 0.3) is 5.91 Å². The van der Waals surface area contributed by atoms with Crippen LogP contribution in [0.5, 0.6) is 0 Å². The molecule has 4 heteroatoms. The highest BCUT2D eigenvalue weighted by Gasteiger charge is 2.31. The van der Waals surface area contributed by atoms with E-state index in [9.17, 15) is 4.79 Å². The fourth-order valence-electron chi connectivity index (χ4n) is 2.98. The summed E-state index contributed by atoms with van der Waals surface area (Å²) in [7, 11) is 0. The van der Waals surface area contributed by atoms with Crippen molar-refractivity contribution in [1.29, 1.82) is 0 Å². The average molecular weight is 292 g/mol. The van der Waals surface area contributed by atoms with Gasteiger partial charge >= 0.3 is 0 Å². The SMILES string of the molecule is CSC1(CNC(=O)c2c(C)cccc2N)CCCCC1. The molecule has 2 rings (SSSR count). The predicted octanol–water partition coefficient (Wildman–Crippen LogP) is 3.37. The van der Waals surface area contributed by atoms with Gasteiger partial charge in [-0.25, -0.2) is 0 Å². The first-order valence-corrected chi connectivity index (χ1v) is 8.49. The third kappa shape index (κ3) is 3.29. The zero-order valence-electron chi connectivity index (χ0n) is 12.4. The summed E-state index contributed by atoms with van der Waals surface area (Å²) < 4.78 is 0.214. The van der Waals surface area contributed by atoms with Crippen molar-refractivity contribution in [3.8, 4) is 0 Å². The van der Waals surface area contributed by atoms with Crippen molar-refractivity contribution in [3.63, 3.8) is 0 Å². The molecule has 1 aliphatic rings. The fourth-order valence-corrected chi connectivity index (χ4v) is 3.89. The number of nitrogens with one attached hydrogen (secondary N) is 1. The average Bonchev–Trinajstić information content (AvgIpc) is 2.46. The Kier molecular flexibility index (Phi) is 4.97. The molecule has 1 saturated carbocycles. The summed E-state index contributed by atoms with van der Waals surface area (Å²) >= 11 is 1.89. The highest BCUT2D eigenvalue weighted by atomic mass is 32.2. The molecule has 0 atom stereocenters. The van der Waals surface area contributed by atoms with E-state index in [0.717, 1.165) is 12.1 Å². The molecule has 1 amide bonds. The van der Waals surface area contributed by atoms with E-state index in [1.807, 2.05) is 30.8 Å². The van der Waals surface area contributed by atoms with Gasteiger partial charge in [-0.15, -0.1) is 0 Å². The highest BCUT2D eigenvalue weighted by Crippen LogP contribution is 2.38. The van der Waals surface area contributed by atoms with Crippen LogP contribution in [0.25, 0.3) is 0 Å². The summed E-state index contributed by atoms with van der Waals surface area (Å²) in [5.74, 6) is -0.0420. The first kappa shape index (κ1) is 15.2. The number of benzene rings is 1. The van der Waals surface area contributed by atoms with Crippen molar-refractivity contribution < 1.29 is 4.79 Å². The van der Waals surface area contributed by atoms with Gasteiger partial charge in [-0.1, -0.05) is 31.4 Å². The van der Waals surface area contributed by atoms with Crippen LogP contribution in [0, 0.1) is 6.92 Å². The Labute approximate surface area is 125 Å². The zero-order valence-corrected chi connectivity index (χ0v) is 13.2. The molecule has 0 saturated heterocycles.